The number of rotatable bonds is 6. The van der Waals surface area contributed by atoms with E-state index >= 15 is 0 Å². The third-order valence-corrected chi connectivity index (χ3v) is 1.02. The Morgan fingerprint density at radius 2 is 0.889 bits per heavy atom. The van der Waals surface area contributed by atoms with Crippen molar-refractivity contribution in [2.75, 3.05) is 53.4 Å². The maximum atomic E-state index is 7.62. The molecule has 0 amide bonds. The number of hydrogen-bond donors (Lipinski definition) is 4. The average Bonchev–Trinajstić information content (AvgIpc) is 2.66. The Labute approximate surface area is 169 Å². The van der Waals surface area contributed by atoms with Gasteiger partial charge in [0.05, 0.1) is 26.4 Å². The van der Waals surface area contributed by atoms with Crippen LogP contribution >= 0.6 is 0 Å². The lowest BCUT2D eigenvalue weighted by Gasteiger charge is -1.86. The van der Waals surface area contributed by atoms with E-state index in [0.717, 1.165) is 26.2 Å². The van der Waals surface area contributed by atoms with Crippen LogP contribution in [0.4, 0.5) is 0 Å². The maximum absolute atomic E-state index is 7.62. The van der Waals surface area contributed by atoms with Crippen molar-refractivity contribution in [1.29, 1.82) is 0 Å². The molecule has 0 rings (SSSR count). The number of ether oxygens (including phenoxy) is 2. The summed E-state index contributed by atoms with van der Waals surface area (Å²) in [5, 5.41) is 30.5. The van der Waals surface area contributed by atoms with E-state index in [1.54, 1.807) is 25.3 Å². The summed E-state index contributed by atoms with van der Waals surface area (Å²) in [5.74, 6) is 0. The molecular formula is C21H50O6. The molecule has 0 bridgehead atoms. The highest BCUT2D eigenvalue weighted by atomic mass is 16.5. The van der Waals surface area contributed by atoms with Crippen molar-refractivity contribution in [3.8, 4) is 0 Å². The SMILES string of the molecule is C=CC.C=CC.C=CC.CCCOC.CCOCC.OCCO.OCCO. The van der Waals surface area contributed by atoms with Crippen molar-refractivity contribution in [3.63, 3.8) is 0 Å². The monoisotopic (exact) mass is 398 g/mol. The zero-order chi connectivity index (χ0) is 23.2. The van der Waals surface area contributed by atoms with Gasteiger partial charge in [-0.1, -0.05) is 25.2 Å². The number of allylic oxidation sites excluding steroid dienone is 3. The molecule has 0 heterocycles. The van der Waals surface area contributed by atoms with E-state index in [-0.39, 0.29) is 26.4 Å². The summed E-state index contributed by atoms with van der Waals surface area (Å²) >= 11 is 0. The van der Waals surface area contributed by atoms with E-state index in [9.17, 15) is 0 Å². The van der Waals surface area contributed by atoms with E-state index in [2.05, 4.69) is 26.7 Å². The number of aliphatic hydroxyl groups excluding tert-OH is 4. The fourth-order valence-corrected chi connectivity index (χ4v) is 0.408. The van der Waals surface area contributed by atoms with Gasteiger partial charge < -0.3 is 29.9 Å². The predicted octanol–water partition coefficient (Wildman–Crippen LogP) is 3.60. The highest BCUT2D eigenvalue weighted by molar-refractivity contribution is 4.52. The summed E-state index contributed by atoms with van der Waals surface area (Å²) in [6.45, 7) is 23.9. The largest absolute Gasteiger partial charge is 0.394 e. The van der Waals surface area contributed by atoms with E-state index in [1.807, 2.05) is 34.6 Å². The topological polar surface area (TPSA) is 99.4 Å². The van der Waals surface area contributed by atoms with Gasteiger partial charge in [0.15, 0.2) is 0 Å². The molecule has 6 nitrogen and oxygen atoms in total. The molecule has 4 N–H and O–H groups in total. The summed E-state index contributed by atoms with van der Waals surface area (Å²) in [4.78, 5) is 0. The molecule has 0 unspecified atom stereocenters. The lowest BCUT2D eigenvalue weighted by Crippen LogP contribution is -1.85. The Balaban J connectivity index is -0.0000000350. The van der Waals surface area contributed by atoms with Crippen LogP contribution in [0.3, 0.4) is 0 Å². The first-order valence-corrected chi connectivity index (χ1v) is 9.12. The van der Waals surface area contributed by atoms with Crippen LogP contribution in [0.5, 0.6) is 0 Å². The van der Waals surface area contributed by atoms with Crippen LogP contribution in [-0.2, 0) is 9.47 Å². The van der Waals surface area contributed by atoms with Crippen molar-refractivity contribution in [3.05, 3.63) is 38.0 Å². The number of aliphatic hydroxyl groups is 4. The molecular weight excluding hydrogens is 348 g/mol. The summed E-state index contributed by atoms with van der Waals surface area (Å²) in [5.41, 5.74) is 0. The van der Waals surface area contributed by atoms with E-state index in [0.29, 0.717) is 0 Å². The van der Waals surface area contributed by atoms with Gasteiger partial charge in [-0.05, 0) is 41.0 Å². The smallest absolute Gasteiger partial charge is 0.0662 e. The second kappa shape index (κ2) is 100. The summed E-state index contributed by atoms with van der Waals surface area (Å²) in [6.07, 6.45) is 6.37. The van der Waals surface area contributed by atoms with Crippen molar-refractivity contribution in [1.82, 2.24) is 0 Å². The summed E-state index contributed by atoms with van der Waals surface area (Å²) in [7, 11) is 1.71. The zero-order valence-corrected chi connectivity index (χ0v) is 19.1. The second-order valence-electron chi connectivity index (χ2n) is 3.89. The van der Waals surface area contributed by atoms with Crippen LogP contribution < -0.4 is 0 Å². The minimum Gasteiger partial charge on any atom is -0.394 e. The van der Waals surface area contributed by atoms with Crippen molar-refractivity contribution < 1.29 is 29.9 Å². The van der Waals surface area contributed by atoms with Gasteiger partial charge >= 0.3 is 0 Å². The molecule has 27 heavy (non-hydrogen) atoms. The lowest BCUT2D eigenvalue weighted by atomic mass is 10.5. The van der Waals surface area contributed by atoms with Crippen LogP contribution in [0.25, 0.3) is 0 Å². The first-order chi connectivity index (χ1) is 12.9. The predicted molar refractivity (Wildman–Crippen MR) is 120 cm³/mol. The van der Waals surface area contributed by atoms with Crippen molar-refractivity contribution >= 4 is 0 Å². The molecule has 0 saturated heterocycles. The quantitative estimate of drug-likeness (QED) is 0.510. The lowest BCUT2D eigenvalue weighted by molar-refractivity contribution is 0.162. The molecule has 0 aromatic carbocycles. The second-order valence-corrected chi connectivity index (χ2v) is 3.89. The third-order valence-electron chi connectivity index (χ3n) is 1.02. The van der Waals surface area contributed by atoms with E-state index < -0.39 is 0 Å². The Bertz CT molecular complexity index is 144. The Morgan fingerprint density at radius 1 is 0.667 bits per heavy atom. The molecule has 0 aliphatic carbocycles. The number of hydrogen-bond acceptors (Lipinski definition) is 6. The van der Waals surface area contributed by atoms with Gasteiger partial charge in [0, 0.05) is 26.9 Å². The fourth-order valence-electron chi connectivity index (χ4n) is 0.408. The van der Waals surface area contributed by atoms with Crippen LogP contribution in [-0.4, -0.2) is 73.8 Å². The Hall–Kier alpha value is -1.02. The third kappa shape index (κ3) is 532. The zero-order valence-electron chi connectivity index (χ0n) is 19.1. The van der Waals surface area contributed by atoms with Crippen LogP contribution in [0.15, 0.2) is 38.0 Å². The van der Waals surface area contributed by atoms with E-state index in [1.165, 1.54) is 0 Å². The molecule has 0 spiro atoms. The standard InChI is InChI=1S/2C4H10O.3C3H6.2C2H6O2/c1-3-4-5-2;1-3-5-4-2;3*1-3-2;2*3-1-2-4/h2*3-4H2,1-2H3;3*3H,1H2,2H3;2*3-4H,1-2H2. The first kappa shape index (κ1) is 45.0. The van der Waals surface area contributed by atoms with Crippen molar-refractivity contribution in [2.24, 2.45) is 0 Å². The average molecular weight is 399 g/mol. The Morgan fingerprint density at radius 3 is 0.889 bits per heavy atom. The van der Waals surface area contributed by atoms with Gasteiger partial charge in [-0.15, -0.1) is 19.7 Å². The molecule has 0 atom stereocenters. The van der Waals surface area contributed by atoms with Crippen LogP contribution in [0, 0.1) is 0 Å². The summed E-state index contributed by atoms with van der Waals surface area (Å²) < 4.78 is 9.52. The molecule has 6 heteroatoms. The van der Waals surface area contributed by atoms with Gasteiger partial charge in [0.1, 0.15) is 0 Å². The minimum atomic E-state index is -0.125. The number of methoxy groups -OCH3 is 1. The highest BCUT2D eigenvalue weighted by Gasteiger charge is 1.66. The molecule has 0 aromatic heterocycles. The van der Waals surface area contributed by atoms with Gasteiger partial charge in [-0.2, -0.15) is 0 Å². The molecule has 0 saturated carbocycles. The van der Waals surface area contributed by atoms with Gasteiger partial charge in [-0.3, -0.25) is 0 Å². The molecule has 0 aliphatic rings. The molecule has 170 valence electrons. The van der Waals surface area contributed by atoms with Crippen molar-refractivity contribution in [2.45, 2.75) is 48.0 Å². The molecule has 0 aliphatic heterocycles. The normalized spacial score (nSPS) is 6.78. The Kier molecular flexibility index (Phi) is 167. The van der Waals surface area contributed by atoms with Crippen LogP contribution in [0.1, 0.15) is 48.0 Å². The molecule has 0 aromatic rings. The molecule has 0 radical (unpaired) electrons. The van der Waals surface area contributed by atoms with Gasteiger partial charge in [0.25, 0.3) is 0 Å². The minimum absolute atomic E-state index is 0.125. The molecule has 0 fully saturated rings. The summed E-state index contributed by atoms with van der Waals surface area (Å²) in [6, 6.07) is 0. The van der Waals surface area contributed by atoms with Crippen LogP contribution in [0.2, 0.25) is 0 Å². The van der Waals surface area contributed by atoms with E-state index in [4.69, 9.17) is 29.9 Å². The highest BCUT2D eigenvalue weighted by Crippen LogP contribution is 1.70. The fraction of sp³-hybridized carbons (Fsp3) is 0.714. The van der Waals surface area contributed by atoms with Gasteiger partial charge in [-0.25, -0.2) is 0 Å². The first-order valence-electron chi connectivity index (χ1n) is 9.12. The maximum Gasteiger partial charge on any atom is 0.0662 e. The van der Waals surface area contributed by atoms with Gasteiger partial charge in [0.2, 0.25) is 0 Å².